The normalized spacial score (nSPS) is 24.5. The molecule has 0 aliphatic carbocycles. The lowest BCUT2D eigenvalue weighted by Gasteiger charge is -2.31. The zero-order valence-corrected chi connectivity index (χ0v) is 10.5. The summed E-state index contributed by atoms with van der Waals surface area (Å²) in [5, 5.41) is 23.6. The first-order valence-corrected chi connectivity index (χ1v) is 6.04. The monoisotopic (exact) mass is 264 g/mol. The zero-order valence-electron chi connectivity index (χ0n) is 10.5. The summed E-state index contributed by atoms with van der Waals surface area (Å²) >= 11 is 0. The smallest absolute Gasteiger partial charge is 0.245 e. The van der Waals surface area contributed by atoms with Crippen molar-refractivity contribution in [3.05, 3.63) is 29.8 Å². The van der Waals surface area contributed by atoms with Crippen molar-refractivity contribution in [1.82, 2.24) is 10.6 Å². The zero-order chi connectivity index (χ0) is 14.0. The molecular formula is C13H16N2O4. The highest BCUT2D eigenvalue weighted by Gasteiger charge is 2.35. The van der Waals surface area contributed by atoms with Crippen LogP contribution in [0.5, 0.6) is 5.75 Å². The van der Waals surface area contributed by atoms with Crippen LogP contribution in [0.25, 0.3) is 0 Å². The summed E-state index contributed by atoms with van der Waals surface area (Å²) in [6.45, 7) is 1.45. The molecule has 1 aliphatic heterocycles. The Labute approximate surface area is 110 Å². The number of amides is 2. The number of aromatic hydroxyl groups is 1. The average molecular weight is 264 g/mol. The molecule has 19 heavy (non-hydrogen) atoms. The average Bonchev–Trinajstić information content (AvgIpc) is 2.35. The van der Waals surface area contributed by atoms with Crippen LogP contribution >= 0.6 is 0 Å². The van der Waals surface area contributed by atoms with Crippen molar-refractivity contribution in [2.45, 2.75) is 31.5 Å². The molecule has 0 aromatic heterocycles. The molecule has 1 fully saturated rings. The summed E-state index contributed by atoms with van der Waals surface area (Å²) in [7, 11) is 0. The van der Waals surface area contributed by atoms with Gasteiger partial charge < -0.3 is 20.8 Å². The number of hydrogen-bond donors (Lipinski definition) is 4. The molecule has 3 atom stereocenters. The highest BCUT2D eigenvalue weighted by molar-refractivity contribution is 5.97. The molecule has 0 saturated carbocycles. The second-order valence-corrected chi connectivity index (χ2v) is 4.66. The minimum absolute atomic E-state index is 0.148. The molecule has 4 N–H and O–H groups in total. The summed E-state index contributed by atoms with van der Waals surface area (Å²) in [5.41, 5.74) is 0.828. The molecule has 6 nitrogen and oxygen atoms in total. The second-order valence-electron chi connectivity index (χ2n) is 4.66. The molecule has 102 valence electrons. The molecule has 0 spiro atoms. The number of aliphatic hydroxyl groups excluding tert-OH is 1. The number of benzene rings is 1. The van der Waals surface area contributed by atoms with Crippen LogP contribution in [0.15, 0.2) is 24.3 Å². The fourth-order valence-corrected chi connectivity index (χ4v) is 2.00. The minimum Gasteiger partial charge on any atom is -0.508 e. The Morgan fingerprint density at radius 2 is 1.79 bits per heavy atom. The van der Waals surface area contributed by atoms with Gasteiger partial charge in [-0.15, -0.1) is 0 Å². The SMILES string of the molecule is C[C@@H](O)[C@@H]1NC(=O)[C@@H](Cc2ccc(O)cc2)NC1=O. The molecule has 2 amide bonds. The van der Waals surface area contributed by atoms with E-state index in [1.165, 1.54) is 19.1 Å². The van der Waals surface area contributed by atoms with E-state index in [0.717, 1.165) is 5.56 Å². The van der Waals surface area contributed by atoms with Crippen molar-refractivity contribution in [3.63, 3.8) is 0 Å². The standard InChI is InChI=1S/C13H16N2O4/c1-7(16)11-13(19)14-10(12(18)15-11)6-8-2-4-9(17)5-3-8/h2-5,7,10-11,16-17H,6H2,1H3,(H,14,19)(H,15,18)/t7-,10-,11+/m1/s1. The summed E-state index contributed by atoms with van der Waals surface area (Å²) in [5.74, 6) is -0.563. The quantitative estimate of drug-likeness (QED) is 0.580. The number of hydrogen-bond acceptors (Lipinski definition) is 4. The lowest BCUT2D eigenvalue weighted by molar-refractivity contribution is -0.139. The Kier molecular flexibility index (Phi) is 3.71. The number of phenolic OH excluding ortho intramolecular Hbond substituents is 1. The molecule has 1 aromatic rings. The molecule has 0 bridgehead atoms. The minimum atomic E-state index is -0.932. The van der Waals surface area contributed by atoms with E-state index in [4.69, 9.17) is 0 Å². The van der Waals surface area contributed by atoms with Crippen LogP contribution in [0, 0.1) is 0 Å². The number of carbonyl (C=O) groups excluding carboxylic acids is 2. The maximum absolute atomic E-state index is 11.8. The number of aliphatic hydroxyl groups is 1. The fraction of sp³-hybridized carbons (Fsp3) is 0.385. The summed E-state index contributed by atoms with van der Waals surface area (Å²) in [6, 6.07) is 4.87. The van der Waals surface area contributed by atoms with Crippen molar-refractivity contribution in [2.24, 2.45) is 0 Å². The van der Waals surface area contributed by atoms with Crippen LogP contribution in [0.4, 0.5) is 0 Å². The molecule has 6 heteroatoms. The Hall–Kier alpha value is -2.08. The van der Waals surface area contributed by atoms with E-state index in [1.807, 2.05) is 0 Å². The van der Waals surface area contributed by atoms with Crippen molar-refractivity contribution < 1.29 is 19.8 Å². The van der Waals surface area contributed by atoms with Gasteiger partial charge in [-0.2, -0.15) is 0 Å². The van der Waals surface area contributed by atoms with E-state index < -0.39 is 24.1 Å². The first-order valence-electron chi connectivity index (χ1n) is 6.04. The van der Waals surface area contributed by atoms with E-state index in [-0.39, 0.29) is 11.7 Å². The Morgan fingerprint density at radius 3 is 2.37 bits per heavy atom. The molecule has 1 saturated heterocycles. The molecule has 1 aromatic carbocycles. The number of nitrogens with one attached hydrogen (secondary N) is 2. The summed E-state index contributed by atoms with van der Waals surface area (Å²) < 4.78 is 0. The summed E-state index contributed by atoms with van der Waals surface area (Å²) in [4.78, 5) is 23.5. The summed E-state index contributed by atoms with van der Waals surface area (Å²) in [6.07, 6.45) is -0.594. The maximum Gasteiger partial charge on any atom is 0.245 e. The lowest BCUT2D eigenvalue weighted by atomic mass is 10.0. The second kappa shape index (κ2) is 5.27. The van der Waals surface area contributed by atoms with Gasteiger partial charge in [0.1, 0.15) is 17.8 Å². The van der Waals surface area contributed by atoms with Gasteiger partial charge in [-0.1, -0.05) is 12.1 Å². The van der Waals surface area contributed by atoms with Crippen LogP contribution < -0.4 is 10.6 Å². The lowest BCUT2D eigenvalue weighted by Crippen LogP contribution is -2.65. The van der Waals surface area contributed by atoms with E-state index in [1.54, 1.807) is 12.1 Å². The topological polar surface area (TPSA) is 98.7 Å². The molecule has 0 unspecified atom stereocenters. The number of phenols is 1. The van der Waals surface area contributed by atoms with Crippen molar-refractivity contribution in [1.29, 1.82) is 0 Å². The molecular weight excluding hydrogens is 248 g/mol. The third-order valence-electron chi connectivity index (χ3n) is 3.07. The Bertz CT molecular complexity index is 484. The van der Waals surface area contributed by atoms with E-state index in [0.29, 0.717) is 6.42 Å². The van der Waals surface area contributed by atoms with E-state index >= 15 is 0 Å². The third-order valence-corrected chi connectivity index (χ3v) is 3.07. The molecule has 0 radical (unpaired) electrons. The molecule has 1 aliphatic rings. The fourth-order valence-electron chi connectivity index (χ4n) is 2.00. The van der Waals surface area contributed by atoms with Crippen molar-refractivity contribution in [2.75, 3.05) is 0 Å². The van der Waals surface area contributed by atoms with Gasteiger partial charge in [0, 0.05) is 6.42 Å². The van der Waals surface area contributed by atoms with E-state index in [9.17, 15) is 19.8 Å². The van der Waals surface area contributed by atoms with Gasteiger partial charge in [-0.3, -0.25) is 9.59 Å². The van der Waals surface area contributed by atoms with Crippen LogP contribution in [0.1, 0.15) is 12.5 Å². The van der Waals surface area contributed by atoms with Gasteiger partial charge in [-0.25, -0.2) is 0 Å². The molecule has 2 rings (SSSR count). The van der Waals surface area contributed by atoms with Crippen LogP contribution in [-0.4, -0.2) is 40.2 Å². The van der Waals surface area contributed by atoms with Gasteiger partial charge >= 0.3 is 0 Å². The van der Waals surface area contributed by atoms with Crippen LogP contribution in [0.2, 0.25) is 0 Å². The molecule has 1 heterocycles. The Morgan fingerprint density at radius 1 is 1.16 bits per heavy atom. The maximum atomic E-state index is 11.8. The first-order chi connectivity index (χ1) is 8.97. The van der Waals surface area contributed by atoms with Gasteiger partial charge in [0.2, 0.25) is 11.8 Å². The van der Waals surface area contributed by atoms with Crippen LogP contribution in [-0.2, 0) is 16.0 Å². The van der Waals surface area contributed by atoms with Gasteiger partial charge in [-0.05, 0) is 24.6 Å². The number of carbonyl (C=O) groups is 2. The highest BCUT2D eigenvalue weighted by Crippen LogP contribution is 2.13. The predicted octanol–water partition coefficient (Wildman–Crippen LogP) is -0.701. The first kappa shape index (κ1) is 13.4. The van der Waals surface area contributed by atoms with E-state index in [2.05, 4.69) is 10.6 Å². The number of piperazine rings is 1. The third kappa shape index (κ3) is 3.03. The van der Waals surface area contributed by atoms with Crippen molar-refractivity contribution >= 4 is 11.8 Å². The highest BCUT2D eigenvalue weighted by atomic mass is 16.3. The van der Waals surface area contributed by atoms with Gasteiger partial charge in [0.05, 0.1) is 6.10 Å². The van der Waals surface area contributed by atoms with Crippen molar-refractivity contribution in [3.8, 4) is 5.75 Å². The number of rotatable bonds is 3. The Balaban J connectivity index is 2.04. The largest absolute Gasteiger partial charge is 0.508 e. The van der Waals surface area contributed by atoms with Gasteiger partial charge in [0.15, 0.2) is 0 Å². The van der Waals surface area contributed by atoms with Gasteiger partial charge in [0.25, 0.3) is 0 Å². The predicted molar refractivity (Wildman–Crippen MR) is 67.4 cm³/mol. The van der Waals surface area contributed by atoms with Crippen LogP contribution in [0.3, 0.4) is 0 Å².